The Hall–Kier alpha value is -4.10. The number of aliphatic carboxylic acids is 1. The van der Waals surface area contributed by atoms with Gasteiger partial charge in [0.2, 0.25) is 0 Å². The minimum atomic E-state index is -1.92. The van der Waals surface area contributed by atoms with Crippen LogP contribution in [0.5, 0.6) is 0 Å². The fraction of sp³-hybridized carbons (Fsp3) is 0.705. The molecule has 0 aromatic heterocycles. The van der Waals surface area contributed by atoms with E-state index in [1.54, 1.807) is 0 Å². The van der Waals surface area contributed by atoms with Crippen molar-refractivity contribution >= 4 is 23.9 Å². The van der Waals surface area contributed by atoms with Crippen molar-refractivity contribution in [2.75, 3.05) is 13.2 Å². The third-order valence-electron chi connectivity index (χ3n) is 12.5. The second-order valence-electron chi connectivity index (χ2n) is 19.2. The van der Waals surface area contributed by atoms with Gasteiger partial charge in [-0.1, -0.05) is 209 Å². The van der Waals surface area contributed by atoms with Crippen molar-refractivity contribution in [3.05, 3.63) is 85.1 Å². The van der Waals surface area contributed by atoms with Crippen LogP contribution in [0.3, 0.4) is 0 Å². The van der Waals surface area contributed by atoms with Gasteiger partial charge in [0, 0.05) is 19.3 Å². The quantitative estimate of drug-likeness (QED) is 0.0228. The molecule has 0 aliphatic carbocycles. The highest BCUT2D eigenvalue weighted by atomic mass is 16.7. The molecule has 6 unspecified atom stereocenters. The molecule has 3 N–H and O–H groups in total. The summed E-state index contributed by atoms with van der Waals surface area (Å²) in [7, 11) is 0. The van der Waals surface area contributed by atoms with Crippen LogP contribution in [-0.2, 0) is 42.9 Å². The van der Waals surface area contributed by atoms with Crippen molar-refractivity contribution in [3.63, 3.8) is 0 Å². The van der Waals surface area contributed by atoms with Crippen molar-refractivity contribution < 1.29 is 58.2 Å². The average Bonchev–Trinajstić information content (AvgIpc) is 3.37. The van der Waals surface area contributed by atoms with Crippen LogP contribution in [0, 0.1) is 0 Å². The maximum atomic E-state index is 13.1. The summed E-state index contributed by atoms with van der Waals surface area (Å²) in [5.74, 6) is -3.25. The van der Waals surface area contributed by atoms with Crippen LogP contribution in [0.25, 0.3) is 0 Å². The first-order valence-corrected chi connectivity index (χ1v) is 28.6. The smallest absolute Gasteiger partial charge is 0.335 e. The summed E-state index contributed by atoms with van der Waals surface area (Å²) >= 11 is 0. The molecule has 12 heteroatoms. The molecule has 6 atom stereocenters. The molecule has 1 aliphatic rings. The predicted octanol–water partition coefficient (Wildman–Crippen LogP) is 14.3. The molecule has 0 radical (unpaired) electrons. The Bertz CT molecular complexity index is 1590. The second-order valence-corrected chi connectivity index (χ2v) is 19.2. The van der Waals surface area contributed by atoms with Gasteiger partial charge in [0.05, 0.1) is 6.61 Å². The summed E-state index contributed by atoms with van der Waals surface area (Å²) in [6, 6.07) is 0. The molecule has 1 rings (SSSR count). The Kier molecular flexibility index (Phi) is 44.7. The molecule has 0 amide bonds. The van der Waals surface area contributed by atoms with E-state index in [-0.39, 0.29) is 25.9 Å². The number of unbranched alkanes of at least 4 members (excludes halogenated alkanes) is 19. The van der Waals surface area contributed by atoms with Gasteiger partial charge in [-0.3, -0.25) is 14.4 Å². The van der Waals surface area contributed by atoms with Crippen molar-refractivity contribution in [3.8, 4) is 0 Å². The molecule has 1 fully saturated rings. The molecule has 1 saturated heterocycles. The number of hydrogen-bond donors (Lipinski definition) is 3. The average molecular weight is 1030 g/mol. The number of rotatable bonds is 47. The summed E-state index contributed by atoms with van der Waals surface area (Å²) < 4.78 is 28.3. The lowest BCUT2D eigenvalue weighted by Gasteiger charge is -2.40. The molecule has 73 heavy (non-hydrogen) atoms. The summed E-state index contributed by atoms with van der Waals surface area (Å²) in [5.41, 5.74) is 0. The van der Waals surface area contributed by atoms with Crippen molar-refractivity contribution in [1.29, 1.82) is 0 Å². The minimum absolute atomic E-state index is 0.0372. The summed E-state index contributed by atoms with van der Waals surface area (Å²) in [6.45, 7) is 5.76. The standard InChI is InChI=1S/C61H100O12/c1-4-7-10-13-16-19-22-24-25-26-27-28-29-31-34-37-40-43-46-49-55(64)72-59-57(66)56(65)58(60(67)68)73-61(59)70-51-52(71-54(63)48-45-42-39-36-32-21-18-15-12-9-6-3)50-69-53(62)47-44-41-38-35-33-30-23-20-17-14-11-8-5-2/h8,11,16-17,19-20,24-25,27-28,30,33,38,41,52,56-59,61,65-66H,4-7,9-10,12-15,18,21-23,26,29,31-32,34-37,39-40,42-51H2,1-3H3,(H,67,68)/b11-8-,19-16-,20-17-,25-24-,28-27-,33-30-,41-38-. The largest absolute Gasteiger partial charge is 0.479 e. The molecule has 0 bridgehead atoms. The Labute approximate surface area is 441 Å². The molecule has 0 saturated carbocycles. The zero-order valence-corrected chi connectivity index (χ0v) is 45.6. The highest BCUT2D eigenvalue weighted by Crippen LogP contribution is 2.26. The fourth-order valence-electron chi connectivity index (χ4n) is 8.09. The van der Waals surface area contributed by atoms with Gasteiger partial charge in [0.25, 0.3) is 0 Å². The lowest BCUT2D eigenvalue weighted by molar-refractivity contribution is -0.301. The van der Waals surface area contributed by atoms with Crippen LogP contribution in [0.15, 0.2) is 85.1 Å². The van der Waals surface area contributed by atoms with E-state index in [0.717, 1.165) is 103 Å². The van der Waals surface area contributed by atoms with Crippen LogP contribution < -0.4 is 0 Å². The van der Waals surface area contributed by atoms with Crippen LogP contribution >= 0.6 is 0 Å². The molecular weight excluding hydrogens is 925 g/mol. The van der Waals surface area contributed by atoms with Crippen LogP contribution in [0.2, 0.25) is 0 Å². The summed E-state index contributed by atoms with van der Waals surface area (Å²) in [6.07, 6.45) is 50.0. The highest BCUT2D eigenvalue weighted by Gasteiger charge is 2.50. The third-order valence-corrected chi connectivity index (χ3v) is 12.5. The topological polar surface area (TPSA) is 175 Å². The number of carbonyl (C=O) groups is 4. The number of ether oxygens (including phenoxy) is 5. The number of carboxylic acids is 1. The van der Waals surface area contributed by atoms with Crippen molar-refractivity contribution in [1.82, 2.24) is 0 Å². The fourth-order valence-corrected chi connectivity index (χ4v) is 8.09. The van der Waals surface area contributed by atoms with Gasteiger partial charge in [-0.15, -0.1) is 0 Å². The summed E-state index contributed by atoms with van der Waals surface area (Å²) in [5, 5.41) is 31.4. The Morgan fingerprint density at radius 1 is 0.466 bits per heavy atom. The number of carbonyl (C=O) groups excluding carboxylic acids is 3. The monoisotopic (exact) mass is 1020 g/mol. The first kappa shape index (κ1) is 66.9. The number of allylic oxidation sites excluding steroid dienone is 14. The number of esters is 3. The van der Waals surface area contributed by atoms with Gasteiger partial charge in [-0.25, -0.2) is 4.79 Å². The van der Waals surface area contributed by atoms with E-state index in [4.69, 9.17) is 23.7 Å². The minimum Gasteiger partial charge on any atom is -0.479 e. The molecular formula is C61H100O12. The molecule has 0 spiro atoms. The van der Waals surface area contributed by atoms with E-state index in [1.807, 2.05) is 12.2 Å². The number of carboxylic acid groups (broad SMARTS) is 1. The summed E-state index contributed by atoms with van der Waals surface area (Å²) in [4.78, 5) is 50.9. The predicted molar refractivity (Wildman–Crippen MR) is 294 cm³/mol. The van der Waals surface area contributed by atoms with E-state index in [0.29, 0.717) is 19.3 Å². The van der Waals surface area contributed by atoms with Crippen molar-refractivity contribution in [2.45, 2.75) is 263 Å². The molecule has 1 aliphatic heterocycles. The van der Waals surface area contributed by atoms with E-state index in [9.17, 15) is 34.5 Å². The highest BCUT2D eigenvalue weighted by molar-refractivity contribution is 5.74. The van der Waals surface area contributed by atoms with E-state index < -0.39 is 67.3 Å². The lowest BCUT2D eigenvalue weighted by atomic mass is 9.98. The zero-order valence-electron chi connectivity index (χ0n) is 45.6. The van der Waals surface area contributed by atoms with Crippen molar-refractivity contribution in [2.24, 2.45) is 0 Å². The Balaban J connectivity index is 2.71. The molecule has 0 aromatic carbocycles. The number of aliphatic hydroxyl groups excluding tert-OH is 2. The van der Waals surface area contributed by atoms with Gasteiger partial charge < -0.3 is 39.0 Å². The first-order valence-electron chi connectivity index (χ1n) is 28.6. The maximum Gasteiger partial charge on any atom is 0.335 e. The van der Waals surface area contributed by atoms with Gasteiger partial charge in [0.1, 0.15) is 18.8 Å². The number of hydrogen-bond acceptors (Lipinski definition) is 11. The SMILES string of the molecule is CC/C=C\C/C=C\C/C=C\C/C=C\CCC(=O)OCC(COC1OC(C(=O)O)C(O)C(O)C1OC(=O)CCCCCCCC/C=C\C/C=C\C/C=C\CCCCC)OC(=O)CCCCCCCCCCCCC. The van der Waals surface area contributed by atoms with Gasteiger partial charge in [-0.05, 0) is 83.5 Å². The number of aliphatic hydroxyl groups is 2. The molecule has 12 nitrogen and oxygen atoms in total. The normalized spacial score (nSPS) is 18.9. The molecule has 1 heterocycles. The van der Waals surface area contributed by atoms with Crippen LogP contribution in [-0.4, -0.2) is 89.2 Å². The molecule has 0 aromatic rings. The maximum absolute atomic E-state index is 13.1. The third kappa shape index (κ3) is 39.0. The van der Waals surface area contributed by atoms with E-state index in [2.05, 4.69) is 93.7 Å². The first-order chi connectivity index (χ1) is 35.6. The van der Waals surface area contributed by atoms with Crippen LogP contribution in [0.4, 0.5) is 0 Å². The second kappa shape index (κ2) is 48.8. The Morgan fingerprint density at radius 2 is 0.890 bits per heavy atom. The van der Waals surface area contributed by atoms with Gasteiger partial charge in [0.15, 0.2) is 24.6 Å². The van der Waals surface area contributed by atoms with Gasteiger partial charge in [-0.2, -0.15) is 0 Å². The zero-order chi connectivity index (χ0) is 53.3. The lowest BCUT2D eigenvalue weighted by Crippen LogP contribution is -2.61. The van der Waals surface area contributed by atoms with Crippen LogP contribution in [0.1, 0.15) is 226 Å². The van der Waals surface area contributed by atoms with E-state index >= 15 is 0 Å². The Morgan fingerprint density at radius 3 is 1.40 bits per heavy atom. The molecule has 416 valence electrons. The van der Waals surface area contributed by atoms with Gasteiger partial charge >= 0.3 is 23.9 Å². The van der Waals surface area contributed by atoms with E-state index in [1.165, 1.54) is 64.2 Å².